The fourth-order valence-electron chi connectivity index (χ4n) is 3.84. The molecule has 0 amide bonds. The number of hydrogen-bond acceptors (Lipinski definition) is 5. The molecule has 0 saturated heterocycles. The van der Waals surface area contributed by atoms with Crippen LogP contribution in [0.15, 0.2) is 103 Å². The first kappa shape index (κ1) is 26.6. The molecule has 38 heavy (non-hydrogen) atoms. The number of carbonyl (C=O) groups excluding carboxylic acids is 1. The summed E-state index contributed by atoms with van der Waals surface area (Å²) in [4.78, 5) is 13.2. The molecule has 194 valence electrons. The van der Waals surface area contributed by atoms with Crippen LogP contribution in [0.1, 0.15) is 40.9 Å². The van der Waals surface area contributed by atoms with Crippen molar-refractivity contribution in [1.82, 2.24) is 0 Å². The maximum Gasteiger partial charge on any atom is 0.189 e. The van der Waals surface area contributed by atoms with Gasteiger partial charge < -0.3 is 18.9 Å². The number of carbonyl (C=O) groups is 1. The molecule has 0 bridgehead atoms. The molecule has 0 atom stereocenters. The summed E-state index contributed by atoms with van der Waals surface area (Å²) in [6.45, 7) is 5.65. The van der Waals surface area contributed by atoms with Crippen molar-refractivity contribution in [3.8, 4) is 23.0 Å². The average molecular weight is 509 g/mol. The highest BCUT2D eigenvalue weighted by Crippen LogP contribution is 2.29. The zero-order valence-corrected chi connectivity index (χ0v) is 21.8. The lowest BCUT2D eigenvalue weighted by molar-refractivity contribution is 0.104. The first-order chi connectivity index (χ1) is 18.7. The summed E-state index contributed by atoms with van der Waals surface area (Å²) < 4.78 is 23.5. The molecule has 0 saturated carbocycles. The van der Waals surface area contributed by atoms with E-state index >= 15 is 0 Å². The quantitative estimate of drug-likeness (QED) is 0.138. The maximum atomic E-state index is 13.2. The molecule has 0 radical (unpaired) electrons. The molecule has 0 N–H and O–H groups in total. The third-order valence-corrected chi connectivity index (χ3v) is 5.71. The van der Waals surface area contributed by atoms with Crippen molar-refractivity contribution in [2.75, 3.05) is 13.2 Å². The zero-order chi connectivity index (χ0) is 26.6. The summed E-state index contributed by atoms with van der Waals surface area (Å²) >= 11 is 0. The van der Waals surface area contributed by atoms with Gasteiger partial charge in [0.1, 0.15) is 36.2 Å². The molecule has 4 aromatic rings. The molecule has 0 aliphatic heterocycles. The van der Waals surface area contributed by atoms with Crippen LogP contribution in [0.3, 0.4) is 0 Å². The SMILES string of the molecule is CCOc1ccc(C=CC(=O)c2ccc(OCc3ccccc3)cc2OCC)c(OCc2ccccc2)c1. The van der Waals surface area contributed by atoms with Gasteiger partial charge in [0.2, 0.25) is 0 Å². The third kappa shape index (κ3) is 7.50. The van der Waals surface area contributed by atoms with Crippen LogP contribution in [0.4, 0.5) is 0 Å². The van der Waals surface area contributed by atoms with Gasteiger partial charge in [-0.05, 0) is 61.4 Å². The topological polar surface area (TPSA) is 54.0 Å². The fraction of sp³-hybridized carbons (Fsp3) is 0.182. The standard InChI is InChI=1S/C33H32O5/c1-3-35-28-17-15-27(32(21-28)38-24-26-13-9-6-10-14-26)16-20-31(34)30-19-18-29(22-33(30)36-4-2)37-23-25-11-7-5-8-12-25/h5-22H,3-4,23-24H2,1-2H3. The second kappa shape index (κ2) is 13.7. The van der Waals surface area contributed by atoms with E-state index in [1.165, 1.54) is 6.08 Å². The first-order valence-corrected chi connectivity index (χ1v) is 12.8. The maximum absolute atomic E-state index is 13.2. The molecule has 0 heterocycles. The van der Waals surface area contributed by atoms with Crippen molar-refractivity contribution >= 4 is 11.9 Å². The minimum atomic E-state index is -0.175. The smallest absolute Gasteiger partial charge is 0.189 e. The molecule has 5 nitrogen and oxygen atoms in total. The molecule has 0 aromatic heterocycles. The van der Waals surface area contributed by atoms with E-state index < -0.39 is 0 Å². The Morgan fingerprint density at radius 3 is 1.87 bits per heavy atom. The predicted octanol–water partition coefficient (Wildman–Crippen LogP) is 7.54. The Kier molecular flexibility index (Phi) is 9.57. The lowest BCUT2D eigenvalue weighted by Crippen LogP contribution is -2.03. The van der Waals surface area contributed by atoms with Crippen molar-refractivity contribution in [2.45, 2.75) is 27.1 Å². The number of allylic oxidation sites excluding steroid dienone is 1. The van der Waals surface area contributed by atoms with E-state index in [4.69, 9.17) is 18.9 Å². The Morgan fingerprint density at radius 2 is 1.21 bits per heavy atom. The van der Waals surface area contributed by atoms with Crippen molar-refractivity contribution in [3.63, 3.8) is 0 Å². The second-order valence-electron chi connectivity index (χ2n) is 8.47. The normalized spacial score (nSPS) is 10.8. The first-order valence-electron chi connectivity index (χ1n) is 12.8. The highest BCUT2D eigenvalue weighted by molar-refractivity contribution is 6.08. The van der Waals surface area contributed by atoms with E-state index in [0.717, 1.165) is 16.7 Å². The lowest BCUT2D eigenvalue weighted by atomic mass is 10.1. The van der Waals surface area contributed by atoms with Crippen LogP contribution in [0, 0.1) is 0 Å². The van der Waals surface area contributed by atoms with Crippen molar-refractivity contribution in [3.05, 3.63) is 125 Å². The minimum Gasteiger partial charge on any atom is -0.494 e. The Morgan fingerprint density at radius 1 is 0.632 bits per heavy atom. The highest BCUT2D eigenvalue weighted by atomic mass is 16.5. The van der Waals surface area contributed by atoms with Gasteiger partial charge in [-0.25, -0.2) is 0 Å². The van der Waals surface area contributed by atoms with Crippen LogP contribution in [0.5, 0.6) is 23.0 Å². The van der Waals surface area contributed by atoms with Crippen LogP contribution in [0.2, 0.25) is 0 Å². The van der Waals surface area contributed by atoms with Gasteiger partial charge in [-0.1, -0.05) is 60.7 Å². The van der Waals surface area contributed by atoms with E-state index in [1.54, 1.807) is 24.3 Å². The Labute approximate surface area is 224 Å². The third-order valence-electron chi connectivity index (χ3n) is 5.71. The fourth-order valence-corrected chi connectivity index (χ4v) is 3.84. The van der Waals surface area contributed by atoms with Gasteiger partial charge >= 0.3 is 0 Å². The average Bonchev–Trinajstić information content (AvgIpc) is 2.96. The number of ether oxygens (including phenoxy) is 4. The van der Waals surface area contributed by atoms with Crippen LogP contribution in [-0.4, -0.2) is 19.0 Å². The molecule has 0 fully saturated rings. The molecule has 0 aliphatic carbocycles. The molecular formula is C33H32O5. The molecule has 0 unspecified atom stereocenters. The van der Waals surface area contributed by atoms with E-state index in [2.05, 4.69) is 0 Å². The van der Waals surface area contributed by atoms with Crippen molar-refractivity contribution in [1.29, 1.82) is 0 Å². The Hall–Kier alpha value is -4.51. The zero-order valence-electron chi connectivity index (χ0n) is 21.8. The lowest BCUT2D eigenvalue weighted by Gasteiger charge is -2.13. The van der Waals surface area contributed by atoms with Gasteiger partial charge in [0, 0.05) is 17.7 Å². The predicted molar refractivity (Wildman–Crippen MR) is 150 cm³/mol. The summed E-state index contributed by atoms with van der Waals surface area (Å²) in [5, 5.41) is 0. The highest BCUT2D eigenvalue weighted by Gasteiger charge is 2.13. The molecule has 5 heteroatoms. The molecule has 0 spiro atoms. The second-order valence-corrected chi connectivity index (χ2v) is 8.47. The van der Waals surface area contributed by atoms with Gasteiger partial charge in [-0.15, -0.1) is 0 Å². The summed E-state index contributed by atoms with van der Waals surface area (Å²) in [6.07, 6.45) is 3.29. The summed E-state index contributed by atoms with van der Waals surface area (Å²) in [5.41, 5.74) is 3.36. The van der Waals surface area contributed by atoms with Crippen LogP contribution < -0.4 is 18.9 Å². The monoisotopic (exact) mass is 508 g/mol. The van der Waals surface area contributed by atoms with Crippen molar-refractivity contribution < 1.29 is 23.7 Å². The minimum absolute atomic E-state index is 0.175. The van der Waals surface area contributed by atoms with Crippen molar-refractivity contribution in [2.24, 2.45) is 0 Å². The van der Waals surface area contributed by atoms with Gasteiger partial charge in [-0.2, -0.15) is 0 Å². The van der Waals surface area contributed by atoms with Crippen LogP contribution in [-0.2, 0) is 13.2 Å². The molecular weight excluding hydrogens is 476 g/mol. The van der Waals surface area contributed by atoms with Gasteiger partial charge in [-0.3, -0.25) is 4.79 Å². The summed E-state index contributed by atoms with van der Waals surface area (Å²) in [7, 11) is 0. The van der Waals surface area contributed by atoms with E-state index in [-0.39, 0.29) is 5.78 Å². The largest absolute Gasteiger partial charge is 0.494 e. The Balaban J connectivity index is 1.51. The van der Waals surface area contributed by atoms with Gasteiger partial charge in [0.15, 0.2) is 5.78 Å². The van der Waals surface area contributed by atoms with Crippen LogP contribution >= 0.6 is 0 Å². The van der Waals surface area contributed by atoms with Crippen LogP contribution in [0.25, 0.3) is 6.08 Å². The summed E-state index contributed by atoms with van der Waals surface area (Å²) in [6, 6.07) is 30.8. The van der Waals surface area contributed by atoms with E-state index in [0.29, 0.717) is 55.0 Å². The Bertz CT molecular complexity index is 1350. The molecule has 4 rings (SSSR count). The number of hydrogen-bond donors (Lipinski definition) is 0. The number of rotatable bonds is 13. The molecule has 4 aromatic carbocycles. The van der Waals surface area contributed by atoms with E-state index in [9.17, 15) is 4.79 Å². The van der Waals surface area contributed by atoms with Gasteiger partial charge in [0.05, 0.1) is 18.8 Å². The van der Waals surface area contributed by atoms with E-state index in [1.807, 2.05) is 92.7 Å². The number of benzene rings is 4. The molecule has 0 aliphatic rings. The summed E-state index contributed by atoms with van der Waals surface area (Å²) in [5.74, 6) is 2.30. The van der Waals surface area contributed by atoms with Gasteiger partial charge in [0.25, 0.3) is 0 Å². The number of ketones is 1.